The molecule has 2 N–H and O–H groups in total. The number of ketones is 2. The Morgan fingerprint density at radius 3 is 2.51 bits per heavy atom. The van der Waals surface area contributed by atoms with Crippen LogP contribution < -0.4 is 9.47 Å². The Hall–Kier alpha value is -3.69. The van der Waals surface area contributed by atoms with Crippen LogP contribution in [0.5, 0.6) is 17.2 Å². The van der Waals surface area contributed by atoms with E-state index in [0.29, 0.717) is 78.8 Å². The third kappa shape index (κ3) is 4.83. The quantitative estimate of drug-likeness (QED) is 0.174. The second-order valence-corrected chi connectivity index (χ2v) is 15.0. The second kappa shape index (κ2) is 11.2. The lowest BCUT2D eigenvalue weighted by molar-refractivity contribution is -0.171. The summed E-state index contributed by atoms with van der Waals surface area (Å²) in [6, 6.07) is 0. The number of hydrogen-bond acceptors (Lipinski definition) is 9. The fourth-order valence-corrected chi connectivity index (χ4v) is 8.56. The van der Waals surface area contributed by atoms with Gasteiger partial charge in [-0.2, -0.15) is 0 Å². The molecule has 6 aliphatic rings. The van der Waals surface area contributed by atoms with E-state index in [1.165, 1.54) is 0 Å². The monoisotopic (exact) mass is 646 g/mol. The second-order valence-electron chi connectivity index (χ2n) is 15.0. The number of phenolic OH excluding ortho intramolecular Hbond substituents is 1. The molecule has 47 heavy (non-hydrogen) atoms. The number of aliphatic hydroxyl groups is 1. The van der Waals surface area contributed by atoms with Gasteiger partial charge in [-0.1, -0.05) is 29.9 Å². The number of aromatic hydroxyl groups is 1. The van der Waals surface area contributed by atoms with Crippen molar-refractivity contribution in [1.82, 2.24) is 0 Å². The number of hydrogen-bond donors (Lipinski definition) is 2. The predicted octanol–water partition coefficient (Wildman–Crippen LogP) is 6.18. The van der Waals surface area contributed by atoms with Crippen molar-refractivity contribution >= 4 is 18.0 Å². The van der Waals surface area contributed by atoms with Crippen molar-refractivity contribution in [2.45, 2.75) is 122 Å². The Balaban J connectivity index is 1.55. The summed E-state index contributed by atoms with van der Waals surface area (Å²) in [6.45, 7) is 17.4. The summed E-state index contributed by atoms with van der Waals surface area (Å²) >= 11 is 0. The van der Waals surface area contributed by atoms with Crippen molar-refractivity contribution in [2.75, 3.05) is 0 Å². The maximum atomic E-state index is 14.8. The topological polar surface area (TPSA) is 129 Å². The number of phenols is 1. The summed E-state index contributed by atoms with van der Waals surface area (Å²) in [6.07, 6.45) is 7.65. The highest BCUT2D eigenvalue weighted by molar-refractivity contribution is 6.18. The van der Waals surface area contributed by atoms with E-state index < -0.39 is 34.4 Å². The first-order valence-electron chi connectivity index (χ1n) is 16.6. The highest BCUT2D eigenvalue weighted by Crippen LogP contribution is 2.68. The standard InChI is InChI=1S/C38H46O9/c1-20(2)9-10-25-32-24(12-14-36(8,45-32)15-13-27(40)21(3)4)30(41)29-31(42)26-17-23-18-28-35(6,7)47-37(34(23)43,16-11-22(5)44-19-39)38(26,28)46-33(25)29/h9,11,17,19,23,27-28,40-41H,3,10,12-16,18H2,1-2,4-8H3/b22-11-/t23?,27?,28?,36-,37-,38+/m0/s1. The number of carbonyl (C=O) groups excluding carboxylic acids is 3. The van der Waals surface area contributed by atoms with Crippen LogP contribution in [-0.4, -0.2) is 56.8 Å². The van der Waals surface area contributed by atoms with E-state index in [4.69, 9.17) is 18.9 Å². The molecule has 0 aromatic heterocycles. The fraction of sp³-hybridized carbons (Fsp3) is 0.553. The SMILES string of the molecule is C=C(C)C(O)CC[C@]1(C)CCc2c(O)c3c(c(CC=C(C)C)c2O1)O[C@]12C(=CC4CC1C(C)(C)O[C@@]2(C/C=C(/C)OC=O)C4=O)C3=O. The van der Waals surface area contributed by atoms with Gasteiger partial charge in [-0.25, -0.2) is 0 Å². The zero-order valence-corrected chi connectivity index (χ0v) is 28.5. The Labute approximate surface area is 276 Å². The number of Topliss-reactive ketones (excluding diaryl/α,β-unsaturated/α-hetero) is 2. The van der Waals surface area contributed by atoms with E-state index in [1.807, 2.05) is 40.7 Å². The molecule has 1 spiro atoms. The average molecular weight is 647 g/mol. The van der Waals surface area contributed by atoms with Gasteiger partial charge in [0.15, 0.2) is 22.8 Å². The van der Waals surface area contributed by atoms with Crippen molar-refractivity contribution in [2.24, 2.45) is 11.8 Å². The van der Waals surface area contributed by atoms with Gasteiger partial charge in [0.25, 0.3) is 6.47 Å². The zero-order chi connectivity index (χ0) is 34.3. The summed E-state index contributed by atoms with van der Waals surface area (Å²) in [5, 5.41) is 22.3. The van der Waals surface area contributed by atoms with Gasteiger partial charge in [-0.3, -0.25) is 14.4 Å². The maximum absolute atomic E-state index is 14.8. The highest BCUT2D eigenvalue weighted by Gasteiger charge is 2.81. The molecule has 1 saturated heterocycles. The average Bonchev–Trinajstić information content (AvgIpc) is 3.15. The van der Waals surface area contributed by atoms with Crippen LogP contribution in [-0.2, 0) is 31.9 Å². The van der Waals surface area contributed by atoms with Gasteiger partial charge < -0.3 is 29.2 Å². The molecule has 0 radical (unpaired) electrons. The normalized spacial score (nSPS) is 31.8. The number of ether oxygens (including phenoxy) is 4. The Morgan fingerprint density at radius 2 is 1.85 bits per heavy atom. The van der Waals surface area contributed by atoms with E-state index in [-0.39, 0.29) is 41.0 Å². The molecule has 252 valence electrons. The number of rotatable bonds is 10. The van der Waals surface area contributed by atoms with E-state index in [0.717, 1.165) is 5.57 Å². The summed E-state index contributed by atoms with van der Waals surface area (Å²) in [5.74, 6) is -0.648. The molecule has 3 unspecified atom stereocenters. The first-order chi connectivity index (χ1) is 22.0. The third-order valence-electron chi connectivity index (χ3n) is 11.1. The van der Waals surface area contributed by atoms with Crippen LogP contribution in [0.1, 0.15) is 102 Å². The lowest BCUT2D eigenvalue weighted by Gasteiger charge is -2.56. The molecular weight excluding hydrogens is 600 g/mol. The predicted molar refractivity (Wildman–Crippen MR) is 174 cm³/mol. The Morgan fingerprint density at radius 1 is 1.13 bits per heavy atom. The van der Waals surface area contributed by atoms with Crippen LogP contribution in [0.3, 0.4) is 0 Å². The highest BCUT2D eigenvalue weighted by atomic mass is 16.6. The molecule has 6 atom stereocenters. The summed E-state index contributed by atoms with van der Waals surface area (Å²) < 4.78 is 25.8. The van der Waals surface area contributed by atoms with Gasteiger partial charge in [0.05, 0.1) is 11.7 Å². The van der Waals surface area contributed by atoms with Gasteiger partial charge >= 0.3 is 0 Å². The van der Waals surface area contributed by atoms with Crippen molar-refractivity contribution < 1.29 is 43.5 Å². The van der Waals surface area contributed by atoms with E-state index in [9.17, 15) is 24.6 Å². The van der Waals surface area contributed by atoms with Gasteiger partial charge in [-0.15, -0.1) is 0 Å². The molecule has 1 aromatic carbocycles. The number of fused-ring (bicyclic) bond motifs is 2. The third-order valence-corrected chi connectivity index (χ3v) is 11.1. The molecule has 9 nitrogen and oxygen atoms in total. The van der Waals surface area contributed by atoms with Gasteiger partial charge in [-0.05, 0) is 93.1 Å². The minimum Gasteiger partial charge on any atom is -0.507 e. The van der Waals surface area contributed by atoms with Gasteiger partial charge in [0.2, 0.25) is 0 Å². The van der Waals surface area contributed by atoms with Crippen molar-refractivity contribution in [3.05, 3.63) is 64.0 Å². The number of allylic oxidation sites excluding steroid dienone is 4. The Kier molecular flexibility index (Phi) is 7.91. The molecule has 2 fully saturated rings. The largest absolute Gasteiger partial charge is 0.507 e. The molecule has 7 rings (SSSR count). The molecule has 1 saturated carbocycles. The van der Waals surface area contributed by atoms with Crippen molar-refractivity contribution in [1.29, 1.82) is 0 Å². The zero-order valence-electron chi connectivity index (χ0n) is 28.5. The first-order valence-corrected chi connectivity index (χ1v) is 16.6. The minimum atomic E-state index is -1.57. The van der Waals surface area contributed by atoms with Crippen LogP contribution in [0.2, 0.25) is 0 Å². The molecule has 3 aliphatic carbocycles. The molecule has 9 heteroatoms. The van der Waals surface area contributed by atoms with Crippen LogP contribution in [0, 0.1) is 11.8 Å². The number of benzene rings is 1. The smallest absolute Gasteiger partial charge is 0.298 e. The number of carbonyl (C=O) groups is 3. The van der Waals surface area contributed by atoms with E-state index in [2.05, 4.69) is 6.58 Å². The lowest BCUT2D eigenvalue weighted by Crippen LogP contribution is -2.72. The van der Waals surface area contributed by atoms with Crippen molar-refractivity contribution in [3.8, 4) is 17.2 Å². The molecule has 3 aliphatic heterocycles. The number of aliphatic hydroxyl groups excluding tert-OH is 1. The summed E-state index contributed by atoms with van der Waals surface area (Å²) in [4.78, 5) is 40.2. The molecular formula is C38H46O9. The first kappa shape index (κ1) is 33.2. The van der Waals surface area contributed by atoms with Crippen LogP contribution in [0.4, 0.5) is 0 Å². The minimum absolute atomic E-state index is 0.0295. The molecule has 3 heterocycles. The van der Waals surface area contributed by atoms with Crippen molar-refractivity contribution in [3.63, 3.8) is 0 Å². The Bertz CT molecular complexity index is 1670. The van der Waals surface area contributed by atoms with Crippen LogP contribution in [0.15, 0.2) is 47.3 Å². The van der Waals surface area contributed by atoms with E-state index >= 15 is 0 Å². The van der Waals surface area contributed by atoms with Crippen LogP contribution >= 0.6 is 0 Å². The fourth-order valence-electron chi connectivity index (χ4n) is 8.56. The van der Waals surface area contributed by atoms with Gasteiger partial charge in [0, 0.05) is 35.0 Å². The van der Waals surface area contributed by atoms with Crippen LogP contribution in [0.25, 0.3) is 0 Å². The maximum Gasteiger partial charge on any atom is 0.298 e. The molecule has 1 aromatic rings. The lowest BCUT2D eigenvalue weighted by atomic mass is 9.51. The summed E-state index contributed by atoms with van der Waals surface area (Å²) in [5.41, 5.74) is -1.20. The molecule has 4 bridgehead atoms. The van der Waals surface area contributed by atoms with E-state index in [1.54, 1.807) is 26.0 Å². The summed E-state index contributed by atoms with van der Waals surface area (Å²) in [7, 11) is 0. The molecule has 0 amide bonds. The van der Waals surface area contributed by atoms with Gasteiger partial charge in [0.1, 0.15) is 34.2 Å².